The Morgan fingerprint density at radius 3 is 2.89 bits per heavy atom. The molecule has 1 aromatic heterocycles. The lowest BCUT2D eigenvalue weighted by Gasteiger charge is -2.05. The molecule has 0 amide bonds. The SMILES string of the molecule is Cc1ccc(-c2csc(C3CCCN3)n2)cc1C. The molecule has 2 aromatic rings. The molecular formula is C15H18N2S. The van der Waals surface area contributed by atoms with E-state index in [-0.39, 0.29) is 0 Å². The van der Waals surface area contributed by atoms with E-state index in [4.69, 9.17) is 4.98 Å². The van der Waals surface area contributed by atoms with Gasteiger partial charge in [0.2, 0.25) is 0 Å². The zero-order chi connectivity index (χ0) is 12.5. The highest BCUT2D eigenvalue weighted by Gasteiger charge is 2.19. The molecule has 3 heteroatoms. The molecule has 0 aliphatic carbocycles. The molecule has 2 heterocycles. The van der Waals surface area contributed by atoms with Crippen LogP contribution in [-0.4, -0.2) is 11.5 Å². The number of hydrogen-bond donors (Lipinski definition) is 1. The summed E-state index contributed by atoms with van der Waals surface area (Å²) in [6.45, 7) is 5.43. The Kier molecular flexibility index (Phi) is 3.18. The predicted octanol–water partition coefficient (Wildman–Crippen LogP) is 3.85. The molecule has 0 radical (unpaired) electrons. The normalized spacial score (nSPS) is 19.3. The maximum atomic E-state index is 4.79. The topological polar surface area (TPSA) is 24.9 Å². The molecule has 1 atom stereocenters. The molecule has 18 heavy (non-hydrogen) atoms. The van der Waals surface area contributed by atoms with Crippen molar-refractivity contribution in [3.8, 4) is 11.3 Å². The number of rotatable bonds is 2. The Morgan fingerprint density at radius 2 is 2.17 bits per heavy atom. The molecule has 0 bridgehead atoms. The largest absolute Gasteiger partial charge is 0.308 e. The summed E-state index contributed by atoms with van der Waals surface area (Å²) >= 11 is 1.78. The molecule has 1 unspecified atom stereocenters. The van der Waals surface area contributed by atoms with Crippen molar-refractivity contribution in [3.63, 3.8) is 0 Å². The van der Waals surface area contributed by atoms with Gasteiger partial charge in [-0.15, -0.1) is 11.3 Å². The highest BCUT2D eigenvalue weighted by molar-refractivity contribution is 7.10. The van der Waals surface area contributed by atoms with E-state index in [0.29, 0.717) is 6.04 Å². The fourth-order valence-corrected chi connectivity index (χ4v) is 3.31. The van der Waals surface area contributed by atoms with Crippen LogP contribution in [0.15, 0.2) is 23.6 Å². The molecule has 3 rings (SSSR count). The number of aryl methyl sites for hydroxylation is 2. The lowest BCUT2D eigenvalue weighted by molar-refractivity contribution is 0.643. The molecule has 1 N–H and O–H groups in total. The Balaban J connectivity index is 1.89. The van der Waals surface area contributed by atoms with E-state index in [1.807, 2.05) is 0 Å². The second-order valence-corrected chi connectivity index (χ2v) is 5.91. The van der Waals surface area contributed by atoms with E-state index in [1.54, 1.807) is 11.3 Å². The quantitative estimate of drug-likeness (QED) is 0.885. The molecule has 1 aliphatic rings. The summed E-state index contributed by atoms with van der Waals surface area (Å²) in [4.78, 5) is 4.79. The lowest BCUT2D eigenvalue weighted by Crippen LogP contribution is -2.12. The van der Waals surface area contributed by atoms with E-state index in [1.165, 1.54) is 34.5 Å². The molecule has 0 spiro atoms. The third-order valence-corrected chi connectivity index (χ3v) is 4.64. The van der Waals surface area contributed by atoms with Gasteiger partial charge in [0.15, 0.2) is 0 Å². The van der Waals surface area contributed by atoms with E-state index >= 15 is 0 Å². The van der Waals surface area contributed by atoms with Gasteiger partial charge in [0.25, 0.3) is 0 Å². The number of benzene rings is 1. The van der Waals surface area contributed by atoms with Gasteiger partial charge in [0.05, 0.1) is 11.7 Å². The van der Waals surface area contributed by atoms with Gasteiger partial charge in [-0.05, 0) is 50.4 Å². The summed E-state index contributed by atoms with van der Waals surface area (Å²) in [6.07, 6.45) is 2.49. The molecular weight excluding hydrogens is 240 g/mol. The first kappa shape index (κ1) is 11.9. The summed E-state index contributed by atoms with van der Waals surface area (Å²) in [5.74, 6) is 0. The van der Waals surface area contributed by atoms with E-state index < -0.39 is 0 Å². The number of hydrogen-bond acceptors (Lipinski definition) is 3. The second kappa shape index (κ2) is 4.82. The minimum absolute atomic E-state index is 0.482. The number of thiazole rings is 1. The first-order valence-corrected chi connectivity index (χ1v) is 7.38. The fourth-order valence-electron chi connectivity index (χ4n) is 2.38. The van der Waals surface area contributed by atoms with Gasteiger partial charge in [-0.25, -0.2) is 4.98 Å². The number of aromatic nitrogens is 1. The van der Waals surface area contributed by atoms with Gasteiger partial charge in [0, 0.05) is 10.9 Å². The van der Waals surface area contributed by atoms with Crippen molar-refractivity contribution in [2.45, 2.75) is 32.7 Å². The van der Waals surface area contributed by atoms with Crippen LogP contribution in [0.3, 0.4) is 0 Å². The van der Waals surface area contributed by atoms with Gasteiger partial charge in [-0.3, -0.25) is 0 Å². The highest BCUT2D eigenvalue weighted by Crippen LogP contribution is 2.30. The van der Waals surface area contributed by atoms with Crippen molar-refractivity contribution in [1.82, 2.24) is 10.3 Å². The van der Waals surface area contributed by atoms with Crippen molar-refractivity contribution >= 4 is 11.3 Å². The summed E-state index contributed by atoms with van der Waals surface area (Å²) < 4.78 is 0. The fraction of sp³-hybridized carbons (Fsp3) is 0.400. The first-order chi connectivity index (χ1) is 8.74. The Morgan fingerprint density at radius 1 is 1.28 bits per heavy atom. The smallest absolute Gasteiger partial charge is 0.110 e. The van der Waals surface area contributed by atoms with Crippen LogP contribution in [0.25, 0.3) is 11.3 Å². The van der Waals surface area contributed by atoms with Gasteiger partial charge >= 0.3 is 0 Å². The van der Waals surface area contributed by atoms with Crippen LogP contribution in [0.2, 0.25) is 0 Å². The van der Waals surface area contributed by atoms with Crippen molar-refractivity contribution in [2.75, 3.05) is 6.54 Å². The zero-order valence-corrected chi connectivity index (χ0v) is 11.7. The monoisotopic (exact) mass is 258 g/mol. The molecule has 1 saturated heterocycles. The van der Waals surface area contributed by atoms with Gasteiger partial charge in [0.1, 0.15) is 5.01 Å². The van der Waals surface area contributed by atoms with Gasteiger partial charge < -0.3 is 5.32 Å². The van der Waals surface area contributed by atoms with Crippen molar-refractivity contribution < 1.29 is 0 Å². The van der Waals surface area contributed by atoms with Crippen LogP contribution in [0.1, 0.15) is 35.0 Å². The van der Waals surface area contributed by atoms with Gasteiger partial charge in [-0.1, -0.05) is 12.1 Å². The Labute approximate surface area is 112 Å². The molecule has 94 valence electrons. The molecule has 0 saturated carbocycles. The van der Waals surface area contributed by atoms with E-state index in [2.05, 4.69) is 42.7 Å². The lowest BCUT2D eigenvalue weighted by atomic mass is 10.1. The number of nitrogens with zero attached hydrogens (tertiary/aromatic N) is 1. The molecule has 2 nitrogen and oxygen atoms in total. The van der Waals surface area contributed by atoms with E-state index in [0.717, 1.165) is 12.2 Å². The Hall–Kier alpha value is -1.19. The van der Waals surface area contributed by atoms with E-state index in [9.17, 15) is 0 Å². The van der Waals surface area contributed by atoms with Crippen molar-refractivity contribution in [3.05, 3.63) is 39.7 Å². The average molecular weight is 258 g/mol. The summed E-state index contributed by atoms with van der Waals surface area (Å²) in [6, 6.07) is 7.06. The van der Waals surface area contributed by atoms with Crippen LogP contribution in [-0.2, 0) is 0 Å². The second-order valence-electron chi connectivity index (χ2n) is 5.02. The van der Waals surface area contributed by atoms with Crippen molar-refractivity contribution in [1.29, 1.82) is 0 Å². The zero-order valence-electron chi connectivity index (χ0n) is 10.9. The highest BCUT2D eigenvalue weighted by atomic mass is 32.1. The third-order valence-electron chi connectivity index (χ3n) is 3.68. The van der Waals surface area contributed by atoms with Crippen LogP contribution < -0.4 is 5.32 Å². The van der Waals surface area contributed by atoms with Crippen molar-refractivity contribution in [2.24, 2.45) is 0 Å². The van der Waals surface area contributed by atoms with Crippen LogP contribution in [0.4, 0.5) is 0 Å². The van der Waals surface area contributed by atoms with Crippen LogP contribution >= 0.6 is 11.3 Å². The molecule has 1 aliphatic heterocycles. The molecule has 1 aromatic carbocycles. The van der Waals surface area contributed by atoms with Crippen LogP contribution in [0, 0.1) is 13.8 Å². The van der Waals surface area contributed by atoms with Crippen LogP contribution in [0.5, 0.6) is 0 Å². The summed E-state index contributed by atoms with van der Waals surface area (Å²) in [5, 5.41) is 6.92. The minimum atomic E-state index is 0.482. The summed E-state index contributed by atoms with van der Waals surface area (Å²) in [7, 11) is 0. The van der Waals surface area contributed by atoms with Gasteiger partial charge in [-0.2, -0.15) is 0 Å². The molecule has 1 fully saturated rings. The minimum Gasteiger partial charge on any atom is -0.308 e. The third kappa shape index (κ3) is 2.20. The first-order valence-electron chi connectivity index (χ1n) is 6.50. The number of nitrogens with one attached hydrogen (secondary N) is 1. The maximum absolute atomic E-state index is 4.79. The standard InChI is InChI=1S/C15H18N2S/c1-10-5-6-12(8-11(10)2)14-9-18-15(17-14)13-4-3-7-16-13/h5-6,8-9,13,16H,3-4,7H2,1-2H3. The Bertz CT molecular complexity index is 553. The predicted molar refractivity (Wildman–Crippen MR) is 77.0 cm³/mol. The average Bonchev–Trinajstić information content (AvgIpc) is 3.01. The maximum Gasteiger partial charge on any atom is 0.110 e. The summed E-state index contributed by atoms with van der Waals surface area (Å²) in [5.41, 5.74) is 5.03.